The fraction of sp³-hybridized carbons (Fsp3) is 0.0952. The van der Waals surface area contributed by atoms with Crippen LogP contribution in [0.1, 0.15) is 27.8 Å². The van der Waals surface area contributed by atoms with Crippen LogP contribution in [0.5, 0.6) is 0 Å². The standard InChI is InChI=1S/C21H18FN3O3/c1-2-28-21(27)14-7-9-15(10-8-14)24-16-11-12-19(23-13-16)20(26)25-18-6-4-3-5-17(18)22/h3-13,24H,2H2,1H3,(H,25,26). The van der Waals surface area contributed by atoms with E-state index in [1.807, 2.05) is 0 Å². The maximum Gasteiger partial charge on any atom is 0.338 e. The summed E-state index contributed by atoms with van der Waals surface area (Å²) in [4.78, 5) is 27.9. The van der Waals surface area contributed by atoms with Gasteiger partial charge >= 0.3 is 5.97 Å². The maximum absolute atomic E-state index is 13.6. The SMILES string of the molecule is CCOC(=O)c1ccc(Nc2ccc(C(=O)Nc3ccccc3F)nc2)cc1. The van der Waals surface area contributed by atoms with E-state index in [1.54, 1.807) is 49.4 Å². The molecule has 0 unspecified atom stereocenters. The van der Waals surface area contributed by atoms with Gasteiger partial charge in [-0.05, 0) is 55.5 Å². The van der Waals surface area contributed by atoms with Gasteiger partial charge in [0.05, 0.1) is 29.7 Å². The topological polar surface area (TPSA) is 80.3 Å². The smallest absolute Gasteiger partial charge is 0.338 e. The van der Waals surface area contributed by atoms with E-state index in [2.05, 4.69) is 15.6 Å². The van der Waals surface area contributed by atoms with Crippen LogP contribution in [0.2, 0.25) is 0 Å². The Labute approximate surface area is 161 Å². The molecule has 142 valence electrons. The molecule has 28 heavy (non-hydrogen) atoms. The van der Waals surface area contributed by atoms with Crippen LogP contribution < -0.4 is 10.6 Å². The predicted molar refractivity (Wildman–Crippen MR) is 104 cm³/mol. The summed E-state index contributed by atoms with van der Waals surface area (Å²) < 4.78 is 18.6. The lowest BCUT2D eigenvalue weighted by Gasteiger charge is -2.09. The average molecular weight is 379 g/mol. The van der Waals surface area contributed by atoms with E-state index >= 15 is 0 Å². The van der Waals surface area contributed by atoms with Crippen molar-refractivity contribution in [3.63, 3.8) is 0 Å². The molecule has 7 heteroatoms. The zero-order chi connectivity index (χ0) is 19.9. The molecule has 1 heterocycles. The number of benzene rings is 2. The molecule has 0 aliphatic rings. The molecule has 6 nitrogen and oxygen atoms in total. The molecule has 0 atom stereocenters. The van der Waals surface area contributed by atoms with Gasteiger partial charge in [0.2, 0.25) is 0 Å². The fourth-order valence-corrected chi connectivity index (χ4v) is 2.42. The van der Waals surface area contributed by atoms with Gasteiger partial charge in [-0.2, -0.15) is 0 Å². The minimum Gasteiger partial charge on any atom is -0.462 e. The third-order valence-electron chi connectivity index (χ3n) is 3.80. The molecule has 1 aromatic heterocycles. The molecule has 0 saturated carbocycles. The zero-order valence-electron chi connectivity index (χ0n) is 15.1. The summed E-state index contributed by atoms with van der Waals surface area (Å²) >= 11 is 0. The van der Waals surface area contributed by atoms with Crippen LogP contribution in [-0.4, -0.2) is 23.5 Å². The summed E-state index contributed by atoms with van der Waals surface area (Å²) in [5.41, 5.74) is 2.13. The first kappa shape index (κ1) is 19.0. The van der Waals surface area contributed by atoms with Crippen molar-refractivity contribution in [1.82, 2.24) is 4.98 Å². The molecule has 0 bridgehead atoms. The van der Waals surface area contributed by atoms with E-state index in [-0.39, 0.29) is 17.4 Å². The number of nitrogens with one attached hydrogen (secondary N) is 2. The molecule has 2 aromatic carbocycles. The van der Waals surface area contributed by atoms with Crippen LogP contribution in [0.15, 0.2) is 66.9 Å². The van der Waals surface area contributed by atoms with E-state index in [0.717, 1.165) is 5.69 Å². The summed E-state index contributed by atoms with van der Waals surface area (Å²) in [6.07, 6.45) is 1.50. The summed E-state index contributed by atoms with van der Waals surface area (Å²) in [6.45, 7) is 2.07. The number of para-hydroxylation sites is 1. The Hall–Kier alpha value is -3.74. The maximum atomic E-state index is 13.6. The Morgan fingerprint density at radius 1 is 1.00 bits per heavy atom. The summed E-state index contributed by atoms with van der Waals surface area (Å²) in [7, 11) is 0. The summed E-state index contributed by atoms with van der Waals surface area (Å²) in [5.74, 6) is -1.39. The molecule has 0 fully saturated rings. The van der Waals surface area contributed by atoms with E-state index in [4.69, 9.17) is 4.74 Å². The van der Waals surface area contributed by atoms with Gasteiger partial charge in [-0.3, -0.25) is 4.79 Å². The number of hydrogen-bond donors (Lipinski definition) is 2. The third-order valence-corrected chi connectivity index (χ3v) is 3.80. The van der Waals surface area contributed by atoms with Gasteiger partial charge in [0, 0.05) is 5.69 Å². The van der Waals surface area contributed by atoms with Crippen LogP contribution in [0.25, 0.3) is 0 Å². The molecular formula is C21H18FN3O3. The predicted octanol–water partition coefficient (Wildman–Crippen LogP) is 4.39. The van der Waals surface area contributed by atoms with Crippen molar-refractivity contribution in [2.24, 2.45) is 0 Å². The van der Waals surface area contributed by atoms with Crippen LogP contribution >= 0.6 is 0 Å². The normalized spacial score (nSPS) is 10.2. The van der Waals surface area contributed by atoms with Crippen molar-refractivity contribution in [1.29, 1.82) is 0 Å². The molecule has 2 N–H and O–H groups in total. The van der Waals surface area contributed by atoms with Crippen molar-refractivity contribution in [3.05, 3.63) is 83.9 Å². The molecule has 3 rings (SSSR count). The molecule has 0 saturated heterocycles. The Morgan fingerprint density at radius 2 is 1.71 bits per heavy atom. The number of rotatable bonds is 6. The zero-order valence-corrected chi connectivity index (χ0v) is 15.1. The van der Waals surface area contributed by atoms with Crippen molar-refractivity contribution in [3.8, 4) is 0 Å². The van der Waals surface area contributed by atoms with Crippen LogP contribution in [0.3, 0.4) is 0 Å². The lowest BCUT2D eigenvalue weighted by atomic mass is 10.2. The van der Waals surface area contributed by atoms with Crippen molar-refractivity contribution in [2.45, 2.75) is 6.92 Å². The van der Waals surface area contributed by atoms with Gasteiger partial charge in [-0.25, -0.2) is 14.2 Å². The van der Waals surface area contributed by atoms with Gasteiger partial charge in [0.1, 0.15) is 11.5 Å². The van der Waals surface area contributed by atoms with E-state index in [0.29, 0.717) is 17.9 Å². The second-order valence-corrected chi connectivity index (χ2v) is 5.79. The number of halogens is 1. The lowest BCUT2D eigenvalue weighted by molar-refractivity contribution is 0.0526. The average Bonchev–Trinajstić information content (AvgIpc) is 2.71. The minimum atomic E-state index is -0.514. The minimum absolute atomic E-state index is 0.0955. The van der Waals surface area contributed by atoms with E-state index in [1.165, 1.54) is 24.4 Å². The number of carbonyl (C=O) groups excluding carboxylic acids is 2. The fourth-order valence-electron chi connectivity index (χ4n) is 2.42. The Kier molecular flexibility index (Phi) is 5.96. The van der Waals surface area contributed by atoms with Gasteiger partial charge in [0.15, 0.2) is 0 Å². The molecule has 3 aromatic rings. The number of hydrogen-bond acceptors (Lipinski definition) is 5. The molecule has 1 amide bonds. The number of esters is 1. The van der Waals surface area contributed by atoms with Gasteiger partial charge < -0.3 is 15.4 Å². The Bertz CT molecular complexity index is 973. The molecule has 0 aliphatic carbocycles. The van der Waals surface area contributed by atoms with Gasteiger partial charge in [-0.15, -0.1) is 0 Å². The van der Waals surface area contributed by atoms with Gasteiger partial charge in [-0.1, -0.05) is 12.1 Å². The number of pyridine rings is 1. The molecule has 0 radical (unpaired) electrons. The first-order valence-corrected chi connectivity index (χ1v) is 8.63. The van der Waals surface area contributed by atoms with Crippen molar-refractivity contribution < 1.29 is 18.7 Å². The second-order valence-electron chi connectivity index (χ2n) is 5.79. The second kappa shape index (κ2) is 8.77. The van der Waals surface area contributed by atoms with E-state index < -0.39 is 11.7 Å². The Morgan fingerprint density at radius 3 is 2.36 bits per heavy atom. The number of amides is 1. The number of nitrogens with zero attached hydrogens (tertiary/aromatic N) is 1. The quantitative estimate of drug-likeness (QED) is 0.621. The number of aromatic nitrogens is 1. The monoisotopic (exact) mass is 379 g/mol. The molecule has 0 spiro atoms. The number of anilines is 3. The molecular weight excluding hydrogens is 361 g/mol. The summed E-state index contributed by atoms with van der Waals surface area (Å²) in [6, 6.07) is 15.9. The van der Waals surface area contributed by atoms with E-state index in [9.17, 15) is 14.0 Å². The highest BCUT2D eigenvalue weighted by Crippen LogP contribution is 2.18. The highest BCUT2D eigenvalue weighted by molar-refractivity contribution is 6.03. The third kappa shape index (κ3) is 4.70. The highest BCUT2D eigenvalue weighted by atomic mass is 19.1. The van der Waals surface area contributed by atoms with Gasteiger partial charge in [0.25, 0.3) is 5.91 Å². The summed E-state index contributed by atoms with van der Waals surface area (Å²) in [5, 5.41) is 5.60. The van der Waals surface area contributed by atoms with Crippen LogP contribution in [-0.2, 0) is 4.74 Å². The first-order valence-electron chi connectivity index (χ1n) is 8.63. The number of carbonyl (C=O) groups is 2. The van der Waals surface area contributed by atoms with Crippen molar-refractivity contribution in [2.75, 3.05) is 17.2 Å². The molecule has 0 aliphatic heterocycles. The Balaban J connectivity index is 1.63. The number of ether oxygens (including phenoxy) is 1. The van der Waals surface area contributed by atoms with Crippen LogP contribution in [0.4, 0.5) is 21.5 Å². The lowest BCUT2D eigenvalue weighted by Crippen LogP contribution is -2.14. The first-order chi connectivity index (χ1) is 13.6. The van der Waals surface area contributed by atoms with Crippen LogP contribution in [0, 0.1) is 5.82 Å². The highest BCUT2D eigenvalue weighted by Gasteiger charge is 2.10. The van der Waals surface area contributed by atoms with Crippen molar-refractivity contribution >= 4 is 28.9 Å². The largest absolute Gasteiger partial charge is 0.462 e.